The zero-order chi connectivity index (χ0) is 12.3. The Kier molecular flexibility index (Phi) is 2.50. The molecule has 1 aliphatic carbocycles. The van der Waals surface area contributed by atoms with Crippen molar-refractivity contribution in [3.8, 4) is 0 Å². The molecule has 3 fully saturated rings. The van der Waals surface area contributed by atoms with E-state index in [4.69, 9.17) is 0 Å². The van der Waals surface area contributed by atoms with Crippen molar-refractivity contribution >= 4 is 0 Å². The van der Waals surface area contributed by atoms with Crippen molar-refractivity contribution in [2.45, 2.75) is 31.5 Å². The van der Waals surface area contributed by atoms with Crippen LogP contribution in [0.3, 0.4) is 0 Å². The van der Waals surface area contributed by atoms with Gasteiger partial charge in [0.2, 0.25) is 0 Å². The van der Waals surface area contributed by atoms with Gasteiger partial charge in [0.15, 0.2) is 0 Å². The van der Waals surface area contributed by atoms with Crippen LogP contribution in [0.2, 0.25) is 0 Å². The summed E-state index contributed by atoms with van der Waals surface area (Å²) in [6.07, 6.45) is -0.519. The van der Waals surface area contributed by atoms with Crippen LogP contribution in [-0.2, 0) is 0 Å². The Bertz CT molecular complexity index is 311. The first-order valence-corrected chi connectivity index (χ1v) is 6.40. The van der Waals surface area contributed by atoms with E-state index in [1.807, 2.05) is 0 Å². The average molecular weight is 248 g/mol. The van der Waals surface area contributed by atoms with Crippen molar-refractivity contribution in [3.63, 3.8) is 0 Å². The topological polar surface area (TPSA) is 6.48 Å². The molecule has 0 aromatic rings. The molecule has 1 saturated carbocycles. The standard InChI is InChI=1S/C12H19F3N2/c1-16-5-4-11(8-16)3-2-10(11)17-6-9(7-17)12(13,14)15/h9-10H,2-8H2,1H3. The molecule has 2 saturated heterocycles. The molecule has 0 N–H and O–H groups in total. The summed E-state index contributed by atoms with van der Waals surface area (Å²) in [7, 11) is 2.11. The molecule has 17 heavy (non-hydrogen) atoms. The molecule has 2 atom stereocenters. The minimum absolute atomic E-state index is 0.236. The maximum atomic E-state index is 12.5. The summed E-state index contributed by atoms with van der Waals surface area (Å²) < 4.78 is 37.4. The minimum atomic E-state index is -3.99. The minimum Gasteiger partial charge on any atom is -0.306 e. The van der Waals surface area contributed by atoms with Gasteiger partial charge in [-0.25, -0.2) is 0 Å². The van der Waals surface area contributed by atoms with E-state index in [-0.39, 0.29) is 13.1 Å². The van der Waals surface area contributed by atoms with Gasteiger partial charge >= 0.3 is 6.18 Å². The second kappa shape index (κ2) is 3.60. The van der Waals surface area contributed by atoms with Crippen LogP contribution in [0, 0.1) is 11.3 Å². The van der Waals surface area contributed by atoms with Crippen LogP contribution in [0.4, 0.5) is 13.2 Å². The average Bonchev–Trinajstić information content (AvgIpc) is 2.51. The Hall–Kier alpha value is -0.290. The fourth-order valence-electron chi connectivity index (χ4n) is 3.81. The Morgan fingerprint density at radius 1 is 1.18 bits per heavy atom. The Morgan fingerprint density at radius 3 is 2.29 bits per heavy atom. The Balaban J connectivity index is 1.58. The van der Waals surface area contributed by atoms with Crippen LogP contribution < -0.4 is 0 Å². The molecule has 98 valence electrons. The van der Waals surface area contributed by atoms with Crippen molar-refractivity contribution < 1.29 is 13.2 Å². The highest BCUT2D eigenvalue weighted by atomic mass is 19.4. The van der Waals surface area contributed by atoms with E-state index in [0.29, 0.717) is 11.5 Å². The van der Waals surface area contributed by atoms with E-state index >= 15 is 0 Å². The van der Waals surface area contributed by atoms with Crippen LogP contribution in [-0.4, -0.2) is 55.2 Å². The molecule has 2 heterocycles. The summed E-state index contributed by atoms with van der Waals surface area (Å²) in [4.78, 5) is 4.38. The molecular weight excluding hydrogens is 229 g/mol. The van der Waals surface area contributed by atoms with Crippen LogP contribution in [0.1, 0.15) is 19.3 Å². The lowest BCUT2D eigenvalue weighted by atomic mass is 9.62. The summed E-state index contributed by atoms with van der Waals surface area (Å²) in [5.74, 6) is -1.07. The van der Waals surface area contributed by atoms with Gasteiger partial charge in [-0.15, -0.1) is 0 Å². The van der Waals surface area contributed by atoms with Crippen LogP contribution in [0.5, 0.6) is 0 Å². The van der Waals surface area contributed by atoms with Crippen molar-refractivity contribution in [3.05, 3.63) is 0 Å². The summed E-state index contributed by atoms with van der Waals surface area (Å²) in [5.41, 5.74) is 0.325. The quantitative estimate of drug-likeness (QED) is 0.700. The Morgan fingerprint density at radius 2 is 1.88 bits per heavy atom. The Labute approximate surface area is 99.8 Å². The normalized spacial score (nSPS) is 40.6. The van der Waals surface area contributed by atoms with Gasteiger partial charge in [-0.1, -0.05) is 0 Å². The maximum Gasteiger partial charge on any atom is 0.394 e. The number of hydrogen-bond acceptors (Lipinski definition) is 2. The molecule has 3 aliphatic rings. The summed E-state index contributed by atoms with van der Waals surface area (Å²) in [6, 6.07) is 0.422. The molecule has 2 nitrogen and oxygen atoms in total. The lowest BCUT2D eigenvalue weighted by Gasteiger charge is -2.57. The predicted octanol–water partition coefficient (Wildman–Crippen LogP) is 1.96. The summed E-state index contributed by atoms with van der Waals surface area (Å²) in [6.45, 7) is 2.65. The third-order valence-corrected chi connectivity index (χ3v) is 5.01. The number of halogens is 3. The first kappa shape index (κ1) is 11.8. The fourth-order valence-corrected chi connectivity index (χ4v) is 3.81. The number of rotatable bonds is 1. The van der Waals surface area contributed by atoms with Gasteiger partial charge in [0, 0.05) is 25.7 Å². The molecule has 0 aromatic heterocycles. The van der Waals surface area contributed by atoms with E-state index in [0.717, 1.165) is 19.5 Å². The van der Waals surface area contributed by atoms with E-state index in [1.54, 1.807) is 0 Å². The van der Waals surface area contributed by atoms with Gasteiger partial charge in [-0.05, 0) is 38.3 Å². The smallest absolute Gasteiger partial charge is 0.306 e. The maximum absolute atomic E-state index is 12.5. The second-order valence-corrected chi connectivity index (χ2v) is 6.10. The van der Waals surface area contributed by atoms with Crippen LogP contribution in [0.25, 0.3) is 0 Å². The number of likely N-dealkylation sites (tertiary alicyclic amines) is 2. The molecule has 2 aliphatic heterocycles. The number of alkyl halides is 3. The first-order chi connectivity index (χ1) is 7.91. The highest BCUT2D eigenvalue weighted by molar-refractivity contribution is 5.08. The molecule has 0 radical (unpaired) electrons. The molecular formula is C12H19F3N2. The van der Waals surface area contributed by atoms with Crippen LogP contribution >= 0.6 is 0 Å². The molecule has 1 spiro atoms. The lowest BCUT2D eigenvalue weighted by Crippen LogP contribution is -2.65. The highest BCUT2D eigenvalue weighted by Gasteiger charge is 2.57. The molecule has 0 bridgehead atoms. The summed E-state index contributed by atoms with van der Waals surface area (Å²) in [5, 5.41) is 0. The second-order valence-electron chi connectivity index (χ2n) is 6.10. The largest absolute Gasteiger partial charge is 0.394 e. The van der Waals surface area contributed by atoms with Gasteiger partial charge in [-0.3, -0.25) is 4.90 Å². The highest BCUT2D eigenvalue weighted by Crippen LogP contribution is 2.52. The van der Waals surface area contributed by atoms with Crippen molar-refractivity contribution in [2.24, 2.45) is 11.3 Å². The van der Waals surface area contributed by atoms with Gasteiger partial charge in [0.05, 0.1) is 5.92 Å². The van der Waals surface area contributed by atoms with E-state index < -0.39 is 12.1 Å². The third-order valence-electron chi connectivity index (χ3n) is 5.01. The van der Waals surface area contributed by atoms with E-state index in [9.17, 15) is 13.2 Å². The van der Waals surface area contributed by atoms with Gasteiger partial charge in [-0.2, -0.15) is 13.2 Å². The molecule has 3 rings (SSSR count). The van der Waals surface area contributed by atoms with Gasteiger partial charge < -0.3 is 4.90 Å². The monoisotopic (exact) mass is 248 g/mol. The lowest BCUT2D eigenvalue weighted by molar-refractivity contribution is -0.225. The van der Waals surface area contributed by atoms with Crippen molar-refractivity contribution in [1.29, 1.82) is 0 Å². The molecule has 0 amide bonds. The van der Waals surface area contributed by atoms with Crippen molar-refractivity contribution in [1.82, 2.24) is 9.80 Å². The van der Waals surface area contributed by atoms with Crippen molar-refractivity contribution in [2.75, 3.05) is 33.2 Å². The SMILES string of the molecule is CN1CCC2(CCC2N2CC(C(F)(F)F)C2)C1. The third kappa shape index (κ3) is 1.78. The van der Waals surface area contributed by atoms with E-state index in [2.05, 4.69) is 16.8 Å². The fraction of sp³-hybridized carbons (Fsp3) is 1.00. The van der Waals surface area contributed by atoms with Crippen LogP contribution in [0.15, 0.2) is 0 Å². The zero-order valence-electron chi connectivity index (χ0n) is 10.1. The zero-order valence-corrected chi connectivity index (χ0v) is 10.1. The summed E-state index contributed by atoms with van der Waals surface area (Å²) >= 11 is 0. The van der Waals surface area contributed by atoms with Gasteiger partial charge in [0.25, 0.3) is 0 Å². The molecule has 5 heteroatoms. The first-order valence-electron chi connectivity index (χ1n) is 6.40. The number of nitrogens with zero attached hydrogens (tertiary/aromatic N) is 2. The van der Waals surface area contributed by atoms with Gasteiger partial charge in [0.1, 0.15) is 0 Å². The molecule has 2 unspecified atom stereocenters. The molecule has 0 aromatic carbocycles. The number of hydrogen-bond donors (Lipinski definition) is 0. The predicted molar refractivity (Wildman–Crippen MR) is 58.7 cm³/mol. The van der Waals surface area contributed by atoms with E-state index in [1.165, 1.54) is 12.8 Å².